The number of hydrogen-bond donors (Lipinski definition) is 1. The minimum atomic E-state index is -0.219. The van der Waals surface area contributed by atoms with Crippen molar-refractivity contribution in [1.29, 1.82) is 0 Å². The zero-order valence-electron chi connectivity index (χ0n) is 7.57. The van der Waals surface area contributed by atoms with Crippen LogP contribution in [0.25, 0.3) is 0 Å². The first-order chi connectivity index (χ1) is 6.17. The van der Waals surface area contributed by atoms with Gasteiger partial charge in [-0.3, -0.25) is 4.79 Å². The van der Waals surface area contributed by atoms with Crippen molar-refractivity contribution in [2.24, 2.45) is 5.73 Å². The first kappa shape index (κ1) is 9.60. The molecular formula is C8H11N3O2. The average molecular weight is 181 g/mol. The SMILES string of the molecule is COc1cc(C(=O)CN)nc(C)n1. The Morgan fingerprint density at radius 1 is 1.62 bits per heavy atom. The van der Waals surface area contributed by atoms with Crippen molar-refractivity contribution in [3.8, 4) is 5.88 Å². The lowest BCUT2D eigenvalue weighted by atomic mass is 10.2. The fourth-order valence-electron chi connectivity index (χ4n) is 0.892. The number of Topliss-reactive ketones (excluding diaryl/α,β-unsaturated/α-hetero) is 1. The summed E-state index contributed by atoms with van der Waals surface area (Å²) in [5.41, 5.74) is 5.49. The van der Waals surface area contributed by atoms with E-state index in [2.05, 4.69) is 9.97 Å². The summed E-state index contributed by atoms with van der Waals surface area (Å²) in [6, 6.07) is 1.47. The first-order valence-corrected chi connectivity index (χ1v) is 3.80. The molecule has 0 bridgehead atoms. The summed E-state index contributed by atoms with van der Waals surface area (Å²) in [6.07, 6.45) is 0. The molecular weight excluding hydrogens is 170 g/mol. The molecule has 1 heterocycles. The van der Waals surface area contributed by atoms with E-state index in [1.54, 1.807) is 6.92 Å². The van der Waals surface area contributed by atoms with Crippen LogP contribution < -0.4 is 10.5 Å². The fourth-order valence-corrected chi connectivity index (χ4v) is 0.892. The first-order valence-electron chi connectivity index (χ1n) is 3.80. The molecule has 2 N–H and O–H groups in total. The molecule has 1 aromatic rings. The van der Waals surface area contributed by atoms with Crippen LogP contribution in [-0.4, -0.2) is 29.4 Å². The van der Waals surface area contributed by atoms with E-state index >= 15 is 0 Å². The predicted molar refractivity (Wildman–Crippen MR) is 46.7 cm³/mol. The number of hydrogen-bond acceptors (Lipinski definition) is 5. The van der Waals surface area contributed by atoms with Gasteiger partial charge in [-0.1, -0.05) is 0 Å². The second kappa shape index (κ2) is 3.95. The molecule has 5 heteroatoms. The molecule has 0 aliphatic heterocycles. The van der Waals surface area contributed by atoms with Gasteiger partial charge in [0, 0.05) is 6.07 Å². The Bertz CT molecular complexity index is 325. The Morgan fingerprint density at radius 3 is 2.85 bits per heavy atom. The van der Waals surface area contributed by atoms with Gasteiger partial charge in [0.05, 0.1) is 13.7 Å². The van der Waals surface area contributed by atoms with Crippen LogP contribution in [0.5, 0.6) is 5.88 Å². The number of carbonyl (C=O) groups excluding carboxylic acids is 1. The molecule has 1 rings (SSSR count). The molecule has 0 saturated carbocycles. The number of nitrogens with zero attached hydrogens (tertiary/aromatic N) is 2. The minimum absolute atomic E-state index is 0.0559. The van der Waals surface area contributed by atoms with Crippen LogP contribution in [0.2, 0.25) is 0 Å². The van der Waals surface area contributed by atoms with E-state index in [9.17, 15) is 4.79 Å². The third-order valence-electron chi connectivity index (χ3n) is 1.49. The molecule has 0 saturated heterocycles. The Hall–Kier alpha value is -1.49. The largest absolute Gasteiger partial charge is 0.481 e. The van der Waals surface area contributed by atoms with Crippen LogP contribution in [0.1, 0.15) is 16.3 Å². The fraction of sp³-hybridized carbons (Fsp3) is 0.375. The van der Waals surface area contributed by atoms with Crippen molar-refractivity contribution >= 4 is 5.78 Å². The maximum absolute atomic E-state index is 11.2. The van der Waals surface area contributed by atoms with Crippen LogP contribution >= 0.6 is 0 Å². The number of methoxy groups -OCH3 is 1. The molecule has 0 fully saturated rings. The van der Waals surface area contributed by atoms with Gasteiger partial charge in [0.2, 0.25) is 5.88 Å². The monoisotopic (exact) mass is 181 g/mol. The standard InChI is InChI=1S/C8H11N3O2/c1-5-10-6(7(12)4-9)3-8(11-5)13-2/h3H,4,9H2,1-2H3. The van der Waals surface area contributed by atoms with Crippen LogP contribution in [0.15, 0.2) is 6.07 Å². The van der Waals surface area contributed by atoms with Gasteiger partial charge >= 0.3 is 0 Å². The van der Waals surface area contributed by atoms with Crippen LogP contribution in [-0.2, 0) is 0 Å². The molecule has 5 nitrogen and oxygen atoms in total. The Morgan fingerprint density at radius 2 is 2.31 bits per heavy atom. The molecule has 0 aliphatic rings. The van der Waals surface area contributed by atoms with E-state index in [4.69, 9.17) is 10.5 Å². The number of ether oxygens (including phenoxy) is 1. The minimum Gasteiger partial charge on any atom is -0.481 e. The van der Waals surface area contributed by atoms with Crippen molar-refractivity contribution in [3.05, 3.63) is 17.6 Å². The number of aryl methyl sites for hydroxylation is 1. The van der Waals surface area contributed by atoms with Crippen molar-refractivity contribution < 1.29 is 9.53 Å². The van der Waals surface area contributed by atoms with Crippen molar-refractivity contribution in [2.75, 3.05) is 13.7 Å². The van der Waals surface area contributed by atoms with Gasteiger partial charge in [0.15, 0.2) is 5.78 Å². The maximum atomic E-state index is 11.2. The normalized spacial score (nSPS) is 9.77. The Labute approximate surface area is 75.9 Å². The lowest BCUT2D eigenvalue weighted by Gasteiger charge is -2.02. The lowest BCUT2D eigenvalue weighted by Crippen LogP contribution is -2.16. The molecule has 13 heavy (non-hydrogen) atoms. The van der Waals surface area contributed by atoms with E-state index in [1.807, 2.05) is 0 Å². The summed E-state index contributed by atoms with van der Waals surface area (Å²) in [6.45, 7) is 1.63. The van der Waals surface area contributed by atoms with E-state index in [0.29, 0.717) is 17.4 Å². The number of aromatic nitrogens is 2. The van der Waals surface area contributed by atoms with Gasteiger partial charge in [-0.2, -0.15) is 4.98 Å². The highest BCUT2D eigenvalue weighted by atomic mass is 16.5. The lowest BCUT2D eigenvalue weighted by molar-refractivity contribution is 0.0995. The van der Waals surface area contributed by atoms with Gasteiger partial charge < -0.3 is 10.5 Å². The molecule has 0 spiro atoms. The second-order valence-corrected chi connectivity index (χ2v) is 2.47. The summed E-state index contributed by atoms with van der Waals surface area (Å²) in [7, 11) is 1.48. The van der Waals surface area contributed by atoms with E-state index in [0.717, 1.165) is 0 Å². The topological polar surface area (TPSA) is 78.1 Å². The summed E-state index contributed by atoms with van der Waals surface area (Å²) >= 11 is 0. The molecule has 0 amide bonds. The maximum Gasteiger partial charge on any atom is 0.217 e. The summed E-state index contributed by atoms with van der Waals surface area (Å²) < 4.78 is 4.89. The number of carbonyl (C=O) groups is 1. The highest BCUT2D eigenvalue weighted by Gasteiger charge is 2.08. The number of nitrogens with two attached hydrogens (primary N) is 1. The van der Waals surface area contributed by atoms with Crippen LogP contribution in [0.3, 0.4) is 0 Å². The summed E-state index contributed by atoms with van der Waals surface area (Å²) in [5, 5.41) is 0. The van der Waals surface area contributed by atoms with Crippen LogP contribution in [0.4, 0.5) is 0 Å². The van der Waals surface area contributed by atoms with Crippen molar-refractivity contribution in [2.45, 2.75) is 6.92 Å². The third kappa shape index (κ3) is 2.22. The summed E-state index contributed by atoms with van der Waals surface area (Å²) in [5.74, 6) is 0.657. The van der Waals surface area contributed by atoms with E-state index in [1.165, 1.54) is 13.2 Å². The van der Waals surface area contributed by atoms with Gasteiger partial charge in [-0.15, -0.1) is 0 Å². The highest BCUT2D eigenvalue weighted by molar-refractivity contribution is 5.95. The molecule has 70 valence electrons. The molecule has 0 atom stereocenters. The Kier molecular flexibility index (Phi) is 2.92. The Balaban J connectivity index is 3.08. The third-order valence-corrected chi connectivity index (χ3v) is 1.49. The van der Waals surface area contributed by atoms with E-state index in [-0.39, 0.29) is 12.3 Å². The molecule has 0 aliphatic carbocycles. The number of rotatable bonds is 3. The van der Waals surface area contributed by atoms with Crippen molar-refractivity contribution in [3.63, 3.8) is 0 Å². The summed E-state index contributed by atoms with van der Waals surface area (Å²) in [4.78, 5) is 19.0. The molecule has 1 aromatic heterocycles. The van der Waals surface area contributed by atoms with Gasteiger partial charge in [-0.25, -0.2) is 4.98 Å². The zero-order chi connectivity index (χ0) is 9.84. The quantitative estimate of drug-likeness (QED) is 0.660. The molecule has 0 radical (unpaired) electrons. The molecule has 0 aromatic carbocycles. The van der Waals surface area contributed by atoms with Crippen LogP contribution in [0, 0.1) is 6.92 Å². The zero-order valence-corrected chi connectivity index (χ0v) is 7.57. The average Bonchev–Trinajstić information content (AvgIpc) is 2.15. The molecule has 0 unspecified atom stereocenters. The van der Waals surface area contributed by atoms with Gasteiger partial charge in [0.1, 0.15) is 11.5 Å². The smallest absolute Gasteiger partial charge is 0.217 e. The second-order valence-electron chi connectivity index (χ2n) is 2.47. The predicted octanol–water partition coefficient (Wildman–Crippen LogP) is -0.0650. The van der Waals surface area contributed by atoms with Crippen molar-refractivity contribution in [1.82, 2.24) is 9.97 Å². The number of ketones is 1. The highest BCUT2D eigenvalue weighted by Crippen LogP contribution is 2.08. The van der Waals surface area contributed by atoms with Gasteiger partial charge in [0.25, 0.3) is 0 Å². The van der Waals surface area contributed by atoms with E-state index < -0.39 is 0 Å². The van der Waals surface area contributed by atoms with Gasteiger partial charge in [-0.05, 0) is 6.92 Å².